The summed E-state index contributed by atoms with van der Waals surface area (Å²) in [6.45, 7) is 0.986. The summed E-state index contributed by atoms with van der Waals surface area (Å²) in [7, 11) is 6.43. The van der Waals surface area contributed by atoms with Crippen LogP contribution in [0.15, 0.2) is 0 Å². The Morgan fingerprint density at radius 3 is 1.38 bits per heavy atom. The lowest BCUT2D eigenvalue weighted by Crippen LogP contribution is -2.38. The summed E-state index contributed by atoms with van der Waals surface area (Å²) in [6, 6.07) is 0. The number of likely N-dealkylation sites (N-methyl/N-ethyl adjacent to an activating group) is 2. The molecular weight excluding hydrogens is 225 g/mol. The van der Waals surface area contributed by atoms with E-state index in [9.17, 15) is 17.3 Å². The summed E-state index contributed by atoms with van der Waals surface area (Å²) in [5.74, 6) is 1.31. The number of halogens is 4. The fourth-order valence-electron chi connectivity index (χ4n) is 0.966. The molecule has 0 spiro atoms. The van der Waals surface area contributed by atoms with Crippen LogP contribution in [0.5, 0.6) is 0 Å². The quantitative estimate of drug-likeness (QED) is 0.237. The zero-order valence-corrected chi connectivity index (χ0v) is 10.6. The van der Waals surface area contributed by atoms with E-state index in [1.165, 1.54) is 5.84 Å². The number of amidine groups is 1. The molecule has 0 amide bonds. The third kappa shape index (κ3) is 15.7. The molecule has 0 saturated heterocycles. The van der Waals surface area contributed by atoms with Crippen molar-refractivity contribution in [2.45, 2.75) is 0 Å². The minimum Gasteiger partial charge on any atom is -0.418 e. The number of hydrogen-bond donors (Lipinski definition) is 0. The van der Waals surface area contributed by atoms with Crippen LogP contribution in [0.25, 0.3) is 0 Å². The van der Waals surface area contributed by atoms with Gasteiger partial charge in [0.2, 0.25) is 0 Å². The van der Waals surface area contributed by atoms with Crippen LogP contribution in [0.2, 0.25) is 0 Å². The maximum atomic E-state index is 9.75. The first-order chi connectivity index (χ1) is 6.95. The standard InChI is InChI=1S/C8H20N3.BF4/c1-9(2)7-8(10(3)4)11(5)6;2-1(3,4)5/h7H2,1-6H3;/q+1;-1. The molecule has 0 fully saturated rings. The molecule has 8 heteroatoms. The van der Waals surface area contributed by atoms with E-state index < -0.39 is 7.25 Å². The summed E-state index contributed by atoms with van der Waals surface area (Å²) in [5, 5.41) is 0. The molecule has 98 valence electrons. The predicted molar refractivity (Wildman–Crippen MR) is 59.5 cm³/mol. The van der Waals surface area contributed by atoms with Gasteiger partial charge in [-0.2, -0.15) is 0 Å². The van der Waals surface area contributed by atoms with Crippen molar-refractivity contribution < 1.29 is 21.8 Å². The minimum atomic E-state index is -6.00. The average Bonchev–Trinajstić information content (AvgIpc) is 1.95. The second-order valence-electron chi connectivity index (χ2n) is 3.94. The van der Waals surface area contributed by atoms with Gasteiger partial charge in [0.25, 0.3) is 5.84 Å². The number of nitrogens with zero attached hydrogens (tertiary/aromatic N) is 3. The molecule has 0 aliphatic heterocycles. The monoisotopic (exact) mass is 245 g/mol. The third-order valence-electron chi connectivity index (χ3n) is 1.49. The molecule has 0 rings (SSSR count). The van der Waals surface area contributed by atoms with Crippen LogP contribution in [0, 0.1) is 0 Å². The highest BCUT2D eigenvalue weighted by molar-refractivity contribution is 6.50. The van der Waals surface area contributed by atoms with E-state index >= 15 is 0 Å². The summed E-state index contributed by atoms with van der Waals surface area (Å²) < 4.78 is 41.1. The lowest BCUT2D eigenvalue weighted by molar-refractivity contribution is -0.471. The van der Waals surface area contributed by atoms with Gasteiger partial charge < -0.3 is 17.3 Å². The van der Waals surface area contributed by atoms with Gasteiger partial charge in [0, 0.05) is 0 Å². The molecule has 0 aromatic heterocycles. The zero-order chi connectivity index (χ0) is 13.5. The van der Waals surface area contributed by atoms with E-state index in [-0.39, 0.29) is 0 Å². The Morgan fingerprint density at radius 2 is 1.31 bits per heavy atom. The summed E-state index contributed by atoms with van der Waals surface area (Å²) in [6.07, 6.45) is 0. The molecule has 0 atom stereocenters. The van der Waals surface area contributed by atoms with Crippen LogP contribution in [-0.4, -0.2) is 76.3 Å². The van der Waals surface area contributed by atoms with Gasteiger partial charge in [-0.3, -0.25) is 14.4 Å². The number of rotatable bonds is 2. The summed E-state index contributed by atoms with van der Waals surface area (Å²) >= 11 is 0. The Morgan fingerprint density at radius 1 is 1.00 bits per heavy atom. The fourth-order valence-corrected chi connectivity index (χ4v) is 0.966. The largest absolute Gasteiger partial charge is 0.673 e. The second kappa shape index (κ2) is 7.48. The SMILES string of the molecule is CN(C)CC(N(C)C)=[N+](C)C.F[B-](F)(F)F. The van der Waals surface area contributed by atoms with Crippen LogP contribution in [0.4, 0.5) is 17.3 Å². The van der Waals surface area contributed by atoms with E-state index in [1.807, 2.05) is 0 Å². The van der Waals surface area contributed by atoms with Crippen LogP contribution in [-0.2, 0) is 0 Å². The van der Waals surface area contributed by atoms with Gasteiger partial charge in [0.05, 0.1) is 34.7 Å². The molecule has 0 aromatic rings. The van der Waals surface area contributed by atoms with Crippen LogP contribution in [0.3, 0.4) is 0 Å². The van der Waals surface area contributed by atoms with Crippen molar-refractivity contribution in [2.24, 2.45) is 0 Å². The lowest BCUT2D eigenvalue weighted by atomic mass is 10.3. The van der Waals surface area contributed by atoms with E-state index in [4.69, 9.17) is 0 Å². The van der Waals surface area contributed by atoms with E-state index in [1.54, 1.807) is 0 Å². The highest BCUT2D eigenvalue weighted by Gasteiger charge is 2.20. The maximum Gasteiger partial charge on any atom is 0.673 e. The van der Waals surface area contributed by atoms with Crippen molar-refractivity contribution in [3.05, 3.63) is 0 Å². The van der Waals surface area contributed by atoms with Crippen molar-refractivity contribution >= 4 is 13.1 Å². The highest BCUT2D eigenvalue weighted by atomic mass is 19.5. The molecule has 0 saturated carbocycles. The first-order valence-corrected chi connectivity index (χ1v) is 4.67. The third-order valence-corrected chi connectivity index (χ3v) is 1.49. The second-order valence-corrected chi connectivity index (χ2v) is 3.94. The van der Waals surface area contributed by atoms with Crippen molar-refractivity contribution in [3.8, 4) is 0 Å². The minimum absolute atomic E-state index is 0.986. The van der Waals surface area contributed by atoms with E-state index in [0.29, 0.717) is 0 Å². The molecular formula is C8H20BF4N3. The van der Waals surface area contributed by atoms with Gasteiger partial charge in [-0.1, -0.05) is 0 Å². The fraction of sp³-hybridized carbons (Fsp3) is 0.875. The molecule has 0 aromatic carbocycles. The first kappa shape index (κ1) is 17.6. The molecule has 16 heavy (non-hydrogen) atoms. The normalized spacial score (nSPS) is 10.7. The summed E-state index contributed by atoms with van der Waals surface area (Å²) in [5.41, 5.74) is 0. The molecule has 0 unspecified atom stereocenters. The molecule has 0 bridgehead atoms. The molecule has 3 nitrogen and oxygen atoms in total. The Labute approximate surface area is 94.4 Å². The van der Waals surface area contributed by atoms with Crippen LogP contribution < -0.4 is 0 Å². The van der Waals surface area contributed by atoms with Gasteiger partial charge in [0.15, 0.2) is 0 Å². The van der Waals surface area contributed by atoms with Gasteiger partial charge in [-0.05, 0) is 14.1 Å². The van der Waals surface area contributed by atoms with E-state index in [2.05, 4.69) is 56.7 Å². The topological polar surface area (TPSA) is 9.49 Å². The van der Waals surface area contributed by atoms with Crippen LogP contribution >= 0.6 is 0 Å². The lowest BCUT2D eigenvalue weighted by Gasteiger charge is -2.15. The maximum absolute atomic E-state index is 9.75. The van der Waals surface area contributed by atoms with Crippen molar-refractivity contribution in [3.63, 3.8) is 0 Å². The predicted octanol–water partition coefficient (Wildman–Crippen LogP) is 1.08. The van der Waals surface area contributed by atoms with Crippen LogP contribution in [0.1, 0.15) is 0 Å². The molecule has 0 heterocycles. The van der Waals surface area contributed by atoms with Gasteiger partial charge >= 0.3 is 7.25 Å². The van der Waals surface area contributed by atoms with Crippen molar-refractivity contribution in [1.29, 1.82) is 0 Å². The van der Waals surface area contributed by atoms with Gasteiger partial charge in [-0.15, -0.1) is 0 Å². The first-order valence-electron chi connectivity index (χ1n) is 4.67. The van der Waals surface area contributed by atoms with Crippen molar-refractivity contribution in [2.75, 3.05) is 48.8 Å². The Kier molecular flexibility index (Phi) is 8.23. The molecule has 0 aliphatic rings. The number of hydrogen-bond acceptors (Lipinski definition) is 1. The Hall–Kier alpha value is -0.785. The highest BCUT2D eigenvalue weighted by Crippen LogP contribution is 2.06. The van der Waals surface area contributed by atoms with Gasteiger partial charge in [-0.25, -0.2) is 0 Å². The van der Waals surface area contributed by atoms with Gasteiger partial charge in [0.1, 0.15) is 0 Å². The average molecular weight is 245 g/mol. The molecule has 0 radical (unpaired) electrons. The Bertz CT molecular complexity index is 216. The smallest absolute Gasteiger partial charge is 0.418 e. The zero-order valence-electron chi connectivity index (χ0n) is 10.6. The molecule has 0 aliphatic carbocycles. The summed E-state index contributed by atoms with van der Waals surface area (Å²) in [4.78, 5) is 4.30. The molecule has 0 N–H and O–H groups in total. The van der Waals surface area contributed by atoms with Crippen molar-refractivity contribution in [1.82, 2.24) is 9.80 Å². The Balaban J connectivity index is 0. The van der Waals surface area contributed by atoms with E-state index in [0.717, 1.165) is 6.54 Å².